The summed E-state index contributed by atoms with van der Waals surface area (Å²) in [7, 11) is 0. The van der Waals surface area contributed by atoms with Crippen molar-refractivity contribution in [2.24, 2.45) is 0 Å². The lowest BCUT2D eigenvalue weighted by Gasteiger charge is -2.25. The number of carbonyl (C=O) groups excluding carboxylic acids is 2. The van der Waals surface area contributed by atoms with E-state index in [0.717, 1.165) is 5.56 Å². The second-order valence-electron chi connectivity index (χ2n) is 7.87. The van der Waals surface area contributed by atoms with Crippen molar-refractivity contribution in [1.29, 1.82) is 0 Å². The molecule has 1 atom stereocenters. The minimum atomic E-state index is -4.90. The van der Waals surface area contributed by atoms with E-state index in [9.17, 15) is 27.9 Å². The molecule has 0 bridgehead atoms. The Morgan fingerprint density at radius 3 is 1.97 bits per heavy atom. The number of hydrogen-bond acceptors (Lipinski definition) is 7. The lowest BCUT2D eigenvalue weighted by Crippen LogP contribution is -2.46. The van der Waals surface area contributed by atoms with Crippen LogP contribution in [0.25, 0.3) is 11.4 Å². The maximum Gasteiger partial charge on any atom is 0.417 e. The minimum absolute atomic E-state index is 0.0160. The molecule has 186 valence electrons. The fourth-order valence-corrected chi connectivity index (χ4v) is 2.85. The first-order valence-electron chi connectivity index (χ1n) is 10.6. The van der Waals surface area contributed by atoms with E-state index in [1.54, 1.807) is 6.92 Å². The molecular weight excluding hydrogens is 453 g/mol. The van der Waals surface area contributed by atoms with Gasteiger partial charge >= 0.3 is 6.18 Å². The Hall–Kier alpha value is -3.41. The monoisotopic (exact) mass is 482 g/mol. The van der Waals surface area contributed by atoms with Gasteiger partial charge in [0, 0.05) is 44.2 Å². The van der Waals surface area contributed by atoms with Crippen LogP contribution in [0.4, 0.5) is 24.8 Å². The number of aliphatic hydroxyl groups is 1. The van der Waals surface area contributed by atoms with Gasteiger partial charge in [0.2, 0.25) is 11.8 Å². The first-order chi connectivity index (χ1) is 15.9. The number of alkyl halides is 3. The van der Waals surface area contributed by atoms with Gasteiger partial charge in [-0.25, -0.2) is 9.97 Å². The van der Waals surface area contributed by atoms with Crippen molar-refractivity contribution in [3.8, 4) is 11.4 Å². The molecule has 1 heterocycles. The van der Waals surface area contributed by atoms with Crippen molar-refractivity contribution in [3.63, 3.8) is 0 Å². The number of benzene rings is 1. The molecule has 0 saturated carbocycles. The third-order valence-corrected chi connectivity index (χ3v) is 4.82. The highest BCUT2D eigenvalue weighted by atomic mass is 19.4. The van der Waals surface area contributed by atoms with Crippen LogP contribution in [0.15, 0.2) is 30.3 Å². The summed E-state index contributed by atoms with van der Waals surface area (Å²) in [6.07, 6.45) is -6.00. The smallest absolute Gasteiger partial charge is 0.380 e. The van der Waals surface area contributed by atoms with Crippen LogP contribution in [0.3, 0.4) is 0 Å². The average molecular weight is 483 g/mol. The van der Waals surface area contributed by atoms with Crippen LogP contribution in [0.1, 0.15) is 25.8 Å². The van der Waals surface area contributed by atoms with Crippen LogP contribution in [0.5, 0.6) is 0 Å². The summed E-state index contributed by atoms with van der Waals surface area (Å²) in [5, 5.41) is 20.7. The molecule has 0 aliphatic rings. The van der Waals surface area contributed by atoms with Gasteiger partial charge in [-0.3, -0.25) is 9.59 Å². The summed E-state index contributed by atoms with van der Waals surface area (Å²) in [5.41, 5.74) is -1.64. The molecule has 0 aliphatic heterocycles. The highest BCUT2D eigenvalue weighted by molar-refractivity contribution is 5.77. The second kappa shape index (κ2) is 11.6. The van der Waals surface area contributed by atoms with Gasteiger partial charge in [-0.05, 0) is 13.8 Å². The Morgan fingerprint density at radius 2 is 1.47 bits per heavy atom. The number of rotatable bonds is 11. The molecule has 1 aromatic heterocycles. The Balaban J connectivity index is 2.06. The molecule has 0 saturated heterocycles. The van der Waals surface area contributed by atoms with E-state index in [-0.39, 0.29) is 19.0 Å². The van der Waals surface area contributed by atoms with E-state index in [0.29, 0.717) is 43.0 Å². The molecule has 0 radical (unpaired) electrons. The summed E-state index contributed by atoms with van der Waals surface area (Å²) in [5.74, 6) is 0.404. The molecule has 34 heavy (non-hydrogen) atoms. The molecule has 1 aromatic carbocycles. The lowest BCUT2D eigenvalue weighted by molar-refractivity contribution is -0.253. The van der Waals surface area contributed by atoms with Crippen molar-refractivity contribution in [1.82, 2.24) is 20.6 Å². The van der Waals surface area contributed by atoms with Gasteiger partial charge in [0.25, 0.3) is 0 Å². The van der Waals surface area contributed by atoms with Gasteiger partial charge in [0.05, 0.1) is 6.42 Å². The van der Waals surface area contributed by atoms with E-state index in [1.165, 1.54) is 6.92 Å². The molecule has 0 fully saturated rings. The third kappa shape index (κ3) is 7.87. The van der Waals surface area contributed by atoms with Crippen LogP contribution in [0, 0.1) is 6.92 Å². The van der Waals surface area contributed by atoms with Crippen LogP contribution in [-0.4, -0.2) is 64.8 Å². The maximum atomic E-state index is 12.7. The topological polar surface area (TPSA) is 128 Å². The summed E-state index contributed by atoms with van der Waals surface area (Å²) < 4.78 is 38.2. The SMILES string of the molecule is CC(=O)NCCNc1nc(-c2ccccc2)nc(NCCNC(=O)CC(C)(O)C(F)(F)F)c1C. The van der Waals surface area contributed by atoms with Crippen molar-refractivity contribution < 1.29 is 27.9 Å². The van der Waals surface area contributed by atoms with Crippen molar-refractivity contribution in [3.05, 3.63) is 35.9 Å². The summed E-state index contributed by atoms with van der Waals surface area (Å²) >= 11 is 0. The lowest BCUT2D eigenvalue weighted by atomic mass is 10.0. The Morgan fingerprint density at radius 1 is 0.941 bits per heavy atom. The molecule has 12 heteroatoms. The van der Waals surface area contributed by atoms with Gasteiger partial charge in [-0.1, -0.05) is 30.3 Å². The predicted molar refractivity (Wildman–Crippen MR) is 122 cm³/mol. The minimum Gasteiger partial charge on any atom is -0.380 e. The average Bonchev–Trinajstić information content (AvgIpc) is 2.75. The molecule has 9 nitrogen and oxygen atoms in total. The Kier molecular flexibility index (Phi) is 9.19. The largest absolute Gasteiger partial charge is 0.417 e. The number of amides is 2. The second-order valence-corrected chi connectivity index (χ2v) is 7.87. The van der Waals surface area contributed by atoms with Gasteiger partial charge < -0.3 is 26.4 Å². The highest BCUT2D eigenvalue weighted by Crippen LogP contribution is 2.32. The molecule has 5 N–H and O–H groups in total. The zero-order valence-electron chi connectivity index (χ0n) is 19.2. The van der Waals surface area contributed by atoms with E-state index < -0.39 is 24.1 Å². The number of halogens is 3. The fraction of sp³-hybridized carbons (Fsp3) is 0.455. The summed E-state index contributed by atoms with van der Waals surface area (Å²) in [6.45, 7) is 4.79. The van der Waals surface area contributed by atoms with Crippen LogP contribution < -0.4 is 21.3 Å². The molecule has 1 unspecified atom stereocenters. The maximum absolute atomic E-state index is 12.7. The highest BCUT2D eigenvalue weighted by Gasteiger charge is 2.50. The normalized spacial score (nSPS) is 13.0. The molecule has 0 spiro atoms. The van der Waals surface area contributed by atoms with Gasteiger partial charge in [-0.15, -0.1) is 0 Å². The van der Waals surface area contributed by atoms with Gasteiger partial charge in [-0.2, -0.15) is 13.2 Å². The number of nitrogens with zero attached hydrogens (tertiary/aromatic N) is 2. The Bertz CT molecular complexity index is 984. The fourth-order valence-electron chi connectivity index (χ4n) is 2.85. The Labute approximate surface area is 195 Å². The van der Waals surface area contributed by atoms with Crippen LogP contribution in [0.2, 0.25) is 0 Å². The standard InChI is InChI=1S/C22H29F3N6O3/c1-14-18(28-11-9-26-15(2)32)30-20(16-7-5-4-6-8-16)31-19(14)29-12-10-27-17(33)13-21(3,34)22(23,24)25/h4-8,34H,9-13H2,1-3H3,(H,26,32)(H,27,33)(H2,28,29,30,31). The van der Waals surface area contributed by atoms with Crippen LogP contribution >= 0.6 is 0 Å². The summed E-state index contributed by atoms with van der Waals surface area (Å²) in [6, 6.07) is 9.26. The number of carbonyl (C=O) groups is 2. The molecule has 2 rings (SSSR count). The van der Waals surface area contributed by atoms with Crippen LogP contribution in [-0.2, 0) is 9.59 Å². The zero-order valence-corrected chi connectivity index (χ0v) is 19.2. The van der Waals surface area contributed by atoms with E-state index >= 15 is 0 Å². The molecule has 2 amide bonds. The molecule has 0 aliphatic carbocycles. The van der Waals surface area contributed by atoms with Crippen molar-refractivity contribution in [2.75, 3.05) is 36.8 Å². The quantitative estimate of drug-likeness (QED) is 0.311. The first kappa shape index (κ1) is 26.8. The number of anilines is 2. The van der Waals surface area contributed by atoms with Gasteiger partial charge in [0.1, 0.15) is 11.6 Å². The number of hydrogen-bond donors (Lipinski definition) is 5. The zero-order chi connectivity index (χ0) is 25.4. The van der Waals surface area contributed by atoms with Crippen molar-refractivity contribution in [2.45, 2.75) is 39.0 Å². The number of aromatic nitrogens is 2. The van der Waals surface area contributed by atoms with E-state index in [4.69, 9.17) is 0 Å². The summed E-state index contributed by atoms with van der Waals surface area (Å²) in [4.78, 5) is 32.0. The van der Waals surface area contributed by atoms with E-state index in [1.807, 2.05) is 30.3 Å². The first-order valence-corrected chi connectivity index (χ1v) is 10.6. The number of nitrogens with one attached hydrogen (secondary N) is 4. The van der Waals surface area contributed by atoms with Gasteiger partial charge in [0.15, 0.2) is 11.4 Å². The molecule has 2 aromatic rings. The predicted octanol–water partition coefficient (Wildman–Crippen LogP) is 2.23. The molecular formula is C22H29F3N6O3. The van der Waals surface area contributed by atoms with E-state index in [2.05, 4.69) is 31.2 Å². The van der Waals surface area contributed by atoms with Crippen molar-refractivity contribution >= 4 is 23.5 Å². The third-order valence-electron chi connectivity index (χ3n) is 4.82.